The molecule has 1 rings (SSSR count). The zero-order chi connectivity index (χ0) is 7.61. The summed E-state index contributed by atoms with van der Waals surface area (Å²) in [6.07, 6.45) is 0. The van der Waals surface area contributed by atoms with Crippen LogP contribution in [-0.2, 0) is 4.57 Å². The molecule has 0 N–H and O–H groups in total. The SMILES string of the molecule is CP(=O)(I)c1ccccc1. The lowest BCUT2D eigenvalue weighted by molar-refractivity contribution is 0.595. The van der Waals surface area contributed by atoms with Crippen molar-refractivity contribution in [2.75, 3.05) is 6.66 Å². The third-order valence-electron chi connectivity index (χ3n) is 1.22. The smallest absolute Gasteiger partial charge is 0.167 e. The second-order valence-corrected chi connectivity index (χ2v) is 9.84. The van der Waals surface area contributed by atoms with E-state index in [9.17, 15) is 4.57 Å². The normalized spacial score (nSPS) is 16.2. The summed E-state index contributed by atoms with van der Waals surface area (Å²) in [4.78, 5) is -2.05. The average molecular weight is 266 g/mol. The largest absolute Gasteiger partial charge is 0.308 e. The molecule has 1 aromatic carbocycles. The molecule has 0 bridgehead atoms. The van der Waals surface area contributed by atoms with E-state index >= 15 is 0 Å². The van der Waals surface area contributed by atoms with E-state index in [4.69, 9.17) is 0 Å². The van der Waals surface area contributed by atoms with Gasteiger partial charge >= 0.3 is 0 Å². The van der Waals surface area contributed by atoms with E-state index in [1.54, 1.807) is 6.66 Å². The molecule has 54 valence electrons. The summed E-state index contributed by atoms with van der Waals surface area (Å²) >= 11 is 2.00. The molecule has 0 saturated heterocycles. The Balaban J connectivity index is 3.09. The molecular weight excluding hydrogens is 258 g/mol. The molecule has 1 nitrogen and oxygen atoms in total. The minimum atomic E-state index is -2.05. The molecule has 1 atom stereocenters. The van der Waals surface area contributed by atoms with Gasteiger partial charge in [-0.3, -0.25) is 0 Å². The minimum Gasteiger partial charge on any atom is -0.308 e. The van der Waals surface area contributed by atoms with Crippen LogP contribution in [0.4, 0.5) is 0 Å². The van der Waals surface area contributed by atoms with Crippen molar-refractivity contribution in [3.63, 3.8) is 0 Å². The minimum absolute atomic E-state index is 0.940. The topological polar surface area (TPSA) is 17.1 Å². The molecule has 3 heteroatoms. The van der Waals surface area contributed by atoms with Gasteiger partial charge < -0.3 is 4.57 Å². The lowest BCUT2D eigenvalue weighted by Gasteiger charge is -2.02. The van der Waals surface area contributed by atoms with Crippen molar-refractivity contribution in [2.45, 2.75) is 0 Å². The zero-order valence-corrected chi connectivity index (χ0v) is 8.67. The summed E-state index contributed by atoms with van der Waals surface area (Å²) in [7, 11) is 0. The predicted molar refractivity (Wildman–Crippen MR) is 53.6 cm³/mol. The number of rotatable bonds is 1. The van der Waals surface area contributed by atoms with Gasteiger partial charge in [0.05, 0.1) is 0 Å². The monoisotopic (exact) mass is 266 g/mol. The summed E-state index contributed by atoms with van der Waals surface area (Å²) in [5.41, 5.74) is 0. The Hall–Kier alpha value is 0.180. The van der Waals surface area contributed by atoms with E-state index in [0.717, 1.165) is 5.30 Å². The van der Waals surface area contributed by atoms with Crippen LogP contribution in [0, 0.1) is 0 Å². The van der Waals surface area contributed by atoms with Gasteiger partial charge in [-0.1, -0.05) is 30.3 Å². The molecule has 1 aromatic rings. The molecular formula is C7H8IOP. The second kappa shape index (κ2) is 3.05. The molecule has 0 aliphatic carbocycles. The van der Waals surface area contributed by atoms with Crippen molar-refractivity contribution in [1.82, 2.24) is 0 Å². The van der Waals surface area contributed by atoms with Crippen molar-refractivity contribution < 1.29 is 4.57 Å². The van der Waals surface area contributed by atoms with E-state index < -0.39 is 4.78 Å². The summed E-state index contributed by atoms with van der Waals surface area (Å²) < 4.78 is 11.4. The van der Waals surface area contributed by atoms with Crippen LogP contribution in [0.5, 0.6) is 0 Å². The lowest BCUT2D eigenvalue weighted by atomic mass is 10.4. The van der Waals surface area contributed by atoms with E-state index in [0.29, 0.717) is 0 Å². The van der Waals surface area contributed by atoms with Crippen LogP contribution in [0.1, 0.15) is 0 Å². The molecule has 0 saturated carbocycles. The number of benzene rings is 1. The highest BCUT2D eigenvalue weighted by Crippen LogP contribution is 2.48. The quantitative estimate of drug-likeness (QED) is 0.564. The standard InChI is InChI=1S/C7H8IOP/c1-10(8,9)7-5-3-2-4-6-7/h2-6H,1H3. The zero-order valence-electron chi connectivity index (χ0n) is 5.62. The maximum absolute atomic E-state index is 11.4. The average Bonchev–Trinajstić information content (AvgIpc) is 1.88. The molecule has 0 amide bonds. The Morgan fingerprint density at radius 3 is 2.10 bits per heavy atom. The molecule has 0 heterocycles. The van der Waals surface area contributed by atoms with Gasteiger partial charge in [-0.2, -0.15) is 0 Å². The molecule has 0 aliphatic rings. The van der Waals surface area contributed by atoms with Gasteiger partial charge in [0.15, 0.2) is 4.78 Å². The van der Waals surface area contributed by atoms with Crippen LogP contribution in [0.2, 0.25) is 0 Å². The fourth-order valence-electron chi connectivity index (χ4n) is 0.694. The van der Waals surface area contributed by atoms with Crippen molar-refractivity contribution in [3.8, 4) is 0 Å². The maximum atomic E-state index is 11.4. The van der Waals surface area contributed by atoms with Crippen LogP contribution in [-0.4, -0.2) is 6.66 Å². The number of halogens is 1. The Morgan fingerprint density at radius 2 is 1.80 bits per heavy atom. The highest BCUT2D eigenvalue weighted by molar-refractivity contribution is 14.2. The molecule has 0 aromatic heterocycles. The van der Waals surface area contributed by atoms with Gasteiger partial charge in [-0.05, 0) is 22.0 Å². The van der Waals surface area contributed by atoms with Crippen molar-refractivity contribution in [3.05, 3.63) is 30.3 Å². The van der Waals surface area contributed by atoms with Gasteiger partial charge in [0.2, 0.25) is 0 Å². The van der Waals surface area contributed by atoms with Crippen molar-refractivity contribution >= 4 is 32.1 Å². The van der Waals surface area contributed by atoms with Gasteiger partial charge in [0, 0.05) is 12.0 Å². The number of hydrogen-bond acceptors (Lipinski definition) is 1. The summed E-state index contributed by atoms with van der Waals surface area (Å²) in [6.45, 7) is 1.77. The molecule has 10 heavy (non-hydrogen) atoms. The Labute approximate surface area is 73.7 Å². The van der Waals surface area contributed by atoms with Crippen LogP contribution in [0.15, 0.2) is 30.3 Å². The van der Waals surface area contributed by atoms with Crippen LogP contribution < -0.4 is 5.30 Å². The maximum Gasteiger partial charge on any atom is 0.167 e. The van der Waals surface area contributed by atoms with Crippen molar-refractivity contribution in [2.24, 2.45) is 0 Å². The second-order valence-electron chi connectivity index (χ2n) is 2.16. The molecule has 0 radical (unpaired) electrons. The summed E-state index contributed by atoms with van der Waals surface area (Å²) in [5, 5.41) is 0.940. The van der Waals surface area contributed by atoms with E-state index in [-0.39, 0.29) is 0 Å². The highest BCUT2D eigenvalue weighted by Gasteiger charge is 2.10. The van der Waals surface area contributed by atoms with Gasteiger partial charge in [-0.15, -0.1) is 0 Å². The first kappa shape index (κ1) is 8.28. The third kappa shape index (κ3) is 2.10. The number of hydrogen-bond donors (Lipinski definition) is 0. The molecule has 0 spiro atoms. The Kier molecular flexibility index (Phi) is 2.53. The first-order valence-electron chi connectivity index (χ1n) is 2.93. The van der Waals surface area contributed by atoms with Gasteiger partial charge in [0.1, 0.15) is 0 Å². The lowest BCUT2D eigenvalue weighted by Crippen LogP contribution is -1.96. The highest BCUT2D eigenvalue weighted by atomic mass is 127. The molecule has 1 unspecified atom stereocenters. The van der Waals surface area contributed by atoms with Crippen LogP contribution in [0.25, 0.3) is 0 Å². The Bertz CT molecular complexity index is 252. The first-order chi connectivity index (χ1) is 4.61. The predicted octanol–water partition coefficient (Wildman–Crippen LogP) is 2.65. The summed E-state index contributed by atoms with van der Waals surface area (Å²) in [5.74, 6) is 0. The van der Waals surface area contributed by atoms with Gasteiger partial charge in [0.25, 0.3) is 0 Å². The fraction of sp³-hybridized carbons (Fsp3) is 0.143. The van der Waals surface area contributed by atoms with Gasteiger partial charge in [-0.25, -0.2) is 0 Å². The Morgan fingerprint density at radius 1 is 1.30 bits per heavy atom. The third-order valence-corrected chi connectivity index (χ3v) is 4.11. The van der Waals surface area contributed by atoms with Crippen molar-refractivity contribution in [1.29, 1.82) is 0 Å². The van der Waals surface area contributed by atoms with E-state index in [1.165, 1.54) is 0 Å². The summed E-state index contributed by atoms with van der Waals surface area (Å²) in [6, 6.07) is 9.53. The van der Waals surface area contributed by atoms with Crippen LogP contribution in [0.3, 0.4) is 0 Å². The fourth-order valence-corrected chi connectivity index (χ4v) is 2.36. The molecule has 0 fully saturated rings. The van der Waals surface area contributed by atoms with E-state index in [2.05, 4.69) is 0 Å². The first-order valence-corrected chi connectivity index (χ1v) is 7.87. The molecule has 0 aliphatic heterocycles. The van der Waals surface area contributed by atoms with E-state index in [1.807, 2.05) is 52.4 Å². The van der Waals surface area contributed by atoms with Crippen LogP contribution >= 0.6 is 26.8 Å².